The van der Waals surface area contributed by atoms with E-state index in [2.05, 4.69) is 31.3 Å². The first-order valence-corrected chi connectivity index (χ1v) is 7.76. The van der Waals surface area contributed by atoms with Gasteiger partial charge in [0.15, 0.2) is 0 Å². The molecular formula is C18H25NO3. The highest BCUT2D eigenvalue weighted by Gasteiger charge is 2.35. The molecule has 120 valence electrons. The Bertz CT molecular complexity index is 590. The van der Waals surface area contributed by atoms with Crippen molar-refractivity contribution in [1.82, 2.24) is 5.32 Å². The number of carboxylic acids is 1. The summed E-state index contributed by atoms with van der Waals surface area (Å²) in [5, 5.41) is 12.2. The number of hydrogen-bond acceptors (Lipinski definition) is 2. The van der Waals surface area contributed by atoms with E-state index < -0.39 is 11.4 Å². The Balaban J connectivity index is 2.15. The van der Waals surface area contributed by atoms with Crippen molar-refractivity contribution in [2.45, 2.75) is 58.4 Å². The van der Waals surface area contributed by atoms with Crippen molar-refractivity contribution < 1.29 is 14.7 Å². The van der Waals surface area contributed by atoms with Gasteiger partial charge < -0.3 is 10.4 Å². The lowest BCUT2D eigenvalue weighted by Crippen LogP contribution is -2.38. The molecule has 0 aliphatic heterocycles. The van der Waals surface area contributed by atoms with Crippen LogP contribution in [0.25, 0.3) is 0 Å². The Morgan fingerprint density at radius 2 is 1.95 bits per heavy atom. The zero-order valence-corrected chi connectivity index (χ0v) is 13.8. The predicted octanol–water partition coefficient (Wildman–Crippen LogP) is 3.42. The van der Waals surface area contributed by atoms with E-state index in [1.807, 2.05) is 12.1 Å². The van der Waals surface area contributed by atoms with Gasteiger partial charge in [0.1, 0.15) is 0 Å². The molecule has 22 heavy (non-hydrogen) atoms. The average Bonchev–Trinajstić information content (AvgIpc) is 2.42. The molecule has 1 unspecified atom stereocenters. The molecule has 0 fully saturated rings. The van der Waals surface area contributed by atoms with Crippen LogP contribution in [-0.2, 0) is 15.0 Å². The van der Waals surface area contributed by atoms with Gasteiger partial charge in [-0.1, -0.05) is 38.1 Å². The number of benzene rings is 1. The Morgan fingerprint density at radius 3 is 2.59 bits per heavy atom. The molecule has 0 bridgehead atoms. The molecule has 1 atom stereocenters. The first kappa shape index (κ1) is 16.5. The van der Waals surface area contributed by atoms with Gasteiger partial charge in [0.2, 0.25) is 5.91 Å². The Kier molecular flexibility index (Phi) is 4.32. The zero-order valence-electron chi connectivity index (χ0n) is 13.8. The normalized spacial score (nSPS) is 20.1. The fraction of sp³-hybridized carbons (Fsp3) is 0.556. The van der Waals surface area contributed by atoms with Crippen LogP contribution in [0, 0.1) is 5.41 Å². The van der Waals surface area contributed by atoms with E-state index in [0.717, 1.165) is 18.4 Å². The molecule has 4 heteroatoms. The van der Waals surface area contributed by atoms with Crippen LogP contribution in [0.5, 0.6) is 0 Å². The molecule has 0 aromatic heterocycles. The van der Waals surface area contributed by atoms with Gasteiger partial charge in [-0.2, -0.15) is 0 Å². The zero-order chi connectivity index (χ0) is 16.5. The smallest absolute Gasteiger partial charge is 0.309 e. The molecule has 0 saturated carbocycles. The minimum Gasteiger partial charge on any atom is -0.481 e. The van der Waals surface area contributed by atoms with Crippen LogP contribution in [0.4, 0.5) is 0 Å². The van der Waals surface area contributed by atoms with Gasteiger partial charge in [0.05, 0.1) is 11.5 Å². The molecule has 0 radical (unpaired) electrons. The third kappa shape index (κ3) is 3.32. The van der Waals surface area contributed by atoms with Crippen molar-refractivity contribution in [2.75, 3.05) is 0 Å². The van der Waals surface area contributed by atoms with Crippen LogP contribution in [0.1, 0.15) is 64.1 Å². The van der Waals surface area contributed by atoms with Gasteiger partial charge in [-0.3, -0.25) is 9.59 Å². The standard InChI is InChI=1S/C18H25NO3/c1-17(2)10-9-14(12-7-5-6-8-13(12)17)19-15(20)11-18(3,4)16(21)22/h5-8,14H,9-11H2,1-4H3,(H,19,20)(H,21,22). The third-order valence-corrected chi connectivity index (χ3v) is 4.64. The van der Waals surface area contributed by atoms with Crippen LogP contribution in [-0.4, -0.2) is 17.0 Å². The maximum absolute atomic E-state index is 12.2. The van der Waals surface area contributed by atoms with E-state index in [4.69, 9.17) is 5.11 Å². The number of carbonyl (C=O) groups is 2. The van der Waals surface area contributed by atoms with Gasteiger partial charge in [-0.15, -0.1) is 0 Å². The molecular weight excluding hydrogens is 278 g/mol. The lowest BCUT2D eigenvalue weighted by Gasteiger charge is -2.37. The molecule has 4 nitrogen and oxygen atoms in total. The minimum absolute atomic E-state index is 0.00953. The van der Waals surface area contributed by atoms with Crippen molar-refractivity contribution >= 4 is 11.9 Å². The van der Waals surface area contributed by atoms with Gasteiger partial charge in [0.25, 0.3) is 0 Å². The van der Waals surface area contributed by atoms with Gasteiger partial charge in [-0.25, -0.2) is 0 Å². The third-order valence-electron chi connectivity index (χ3n) is 4.64. The number of amides is 1. The molecule has 1 amide bonds. The number of rotatable bonds is 4. The second kappa shape index (κ2) is 5.75. The summed E-state index contributed by atoms with van der Waals surface area (Å²) in [6, 6.07) is 8.17. The minimum atomic E-state index is -1.04. The summed E-state index contributed by atoms with van der Waals surface area (Å²) in [5.74, 6) is -1.15. The Morgan fingerprint density at radius 1 is 1.32 bits per heavy atom. The molecule has 0 heterocycles. The quantitative estimate of drug-likeness (QED) is 0.895. The fourth-order valence-electron chi connectivity index (χ4n) is 3.08. The van der Waals surface area contributed by atoms with Crippen molar-refractivity contribution in [2.24, 2.45) is 5.41 Å². The average molecular weight is 303 g/mol. The SMILES string of the molecule is CC(C)(CC(=O)NC1CCC(C)(C)c2ccccc21)C(=O)O. The number of hydrogen-bond donors (Lipinski definition) is 2. The van der Waals surface area contributed by atoms with Crippen LogP contribution in [0.15, 0.2) is 24.3 Å². The second-order valence-electron chi connectivity index (χ2n) is 7.50. The topological polar surface area (TPSA) is 66.4 Å². The monoisotopic (exact) mass is 303 g/mol. The number of fused-ring (bicyclic) bond motifs is 1. The number of aliphatic carboxylic acids is 1. The summed E-state index contributed by atoms with van der Waals surface area (Å²) in [7, 11) is 0. The van der Waals surface area contributed by atoms with Crippen molar-refractivity contribution in [3.8, 4) is 0 Å². The van der Waals surface area contributed by atoms with E-state index >= 15 is 0 Å². The van der Waals surface area contributed by atoms with Crippen LogP contribution >= 0.6 is 0 Å². The molecule has 1 aliphatic carbocycles. The van der Waals surface area contributed by atoms with Crippen molar-refractivity contribution in [3.05, 3.63) is 35.4 Å². The fourth-order valence-corrected chi connectivity index (χ4v) is 3.08. The first-order chi connectivity index (χ1) is 10.1. The molecule has 2 rings (SSSR count). The molecule has 1 aromatic rings. The van der Waals surface area contributed by atoms with E-state index in [1.54, 1.807) is 13.8 Å². The molecule has 2 N–H and O–H groups in total. The summed E-state index contributed by atoms with van der Waals surface area (Å²) in [6.07, 6.45) is 1.87. The highest BCUT2D eigenvalue weighted by Crippen LogP contribution is 2.41. The number of carboxylic acid groups (broad SMARTS) is 1. The highest BCUT2D eigenvalue weighted by atomic mass is 16.4. The molecule has 0 saturated heterocycles. The van der Waals surface area contributed by atoms with Crippen LogP contribution < -0.4 is 5.32 Å². The van der Waals surface area contributed by atoms with E-state index in [-0.39, 0.29) is 23.8 Å². The van der Waals surface area contributed by atoms with Gasteiger partial charge >= 0.3 is 5.97 Å². The molecule has 1 aliphatic rings. The summed E-state index contributed by atoms with van der Waals surface area (Å²) in [6.45, 7) is 7.59. The lowest BCUT2D eigenvalue weighted by atomic mass is 9.71. The maximum Gasteiger partial charge on any atom is 0.309 e. The molecule has 1 aromatic carbocycles. The van der Waals surface area contributed by atoms with E-state index in [9.17, 15) is 9.59 Å². The van der Waals surface area contributed by atoms with Gasteiger partial charge in [-0.05, 0) is 43.2 Å². The largest absolute Gasteiger partial charge is 0.481 e. The second-order valence-corrected chi connectivity index (χ2v) is 7.50. The lowest BCUT2D eigenvalue weighted by molar-refractivity contribution is -0.149. The first-order valence-electron chi connectivity index (χ1n) is 7.76. The maximum atomic E-state index is 12.2. The Labute approximate surface area is 131 Å². The Hall–Kier alpha value is -1.84. The van der Waals surface area contributed by atoms with Crippen molar-refractivity contribution in [3.63, 3.8) is 0 Å². The summed E-state index contributed by atoms with van der Waals surface area (Å²) >= 11 is 0. The number of carbonyl (C=O) groups excluding carboxylic acids is 1. The van der Waals surface area contributed by atoms with E-state index in [1.165, 1.54) is 5.56 Å². The van der Waals surface area contributed by atoms with E-state index in [0.29, 0.717) is 0 Å². The predicted molar refractivity (Wildman–Crippen MR) is 85.6 cm³/mol. The molecule has 0 spiro atoms. The summed E-state index contributed by atoms with van der Waals surface area (Å²) < 4.78 is 0. The van der Waals surface area contributed by atoms with Crippen LogP contribution in [0.3, 0.4) is 0 Å². The van der Waals surface area contributed by atoms with Crippen LogP contribution in [0.2, 0.25) is 0 Å². The van der Waals surface area contributed by atoms with Gasteiger partial charge in [0, 0.05) is 6.42 Å². The number of nitrogens with one attached hydrogen (secondary N) is 1. The summed E-state index contributed by atoms with van der Waals surface area (Å²) in [5.41, 5.74) is 1.49. The highest BCUT2D eigenvalue weighted by molar-refractivity contribution is 5.84. The van der Waals surface area contributed by atoms with Crippen molar-refractivity contribution in [1.29, 1.82) is 0 Å². The summed E-state index contributed by atoms with van der Waals surface area (Å²) in [4.78, 5) is 23.4.